The molecule has 0 fully saturated rings. The van der Waals surface area contributed by atoms with Crippen molar-refractivity contribution in [1.82, 2.24) is 14.8 Å². The molecule has 1 N–H and O–H groups in total. The highest BCUT2D eigenvalue weighted by molar-refractivity contribution is 8.00. The van der Waals surface area contributed by atoms with Crippen LogP contribution in [0, 0.1) is 0 Å². The van der Waals surface area contributed by atoms with E-state index in [4.69, 9.17) is 0 Å². The van der Waals surface area contributed by atoms with Crippen LogP contribution in [0.3, 0.4) is 0 Å². The van der Waals surface area contributed by atoms with E-state index >= 15 is 0 Å². The number of para-hydroxylation sites is 1. The molecule has 8 heteroatoms. The molecule has 164 valence electrons. The lowest BCUT2D eigenvalue weighted by Crippen LogP contribution is -2.37. The van der Waals surface area contributed by atoms with Crippen molar-refractivity contribution < 1.29 is 9.59 Å². The Balaban J connectivity index is 1.26. The highest BCUT2D eigenvalue weighted by atomic mass is 32.2. The number of fused-ring (bicyclic) bond motifs is 2. The lowest BCUT2D eigenvalue weighted by molar-refractivity contribution is -0.117. The molecule has 2 aliphatic rings. The molecule has 1 aromatic heterocycles. The number of hydrogen-bond donors (Lipinski definition) is 1. The molecule has 2 aliphatic heterocycles. The van der Waals surface area contributed by atoms with Crippen molar-refractivity contribution in [1.29, 1.82) is 0 Å². The first kappa shape index (κ1) is 20.8. The molecular weight excluding hydrogens is 422 g/mol. The van der Waals surface area contributed by atoms with Crippen LogP contribution in [-0.4, -0.2) is 38.9 Å². The van der Waals surface area contributed by atoms with Crippen molar-refractivity contribution in [2.45, 2.75) is 43.5 Å². The molecule has 3 aromatic rings. The van der Waals surface area contributed by atoms with E-state index in [0.717, 1.165) is 59.3 Å². The fourth-order valence-electron chi connectivity index (χ4n) is 4.27. The molecule has 0 radical (unpaired) electrons. The Morgan fingerprint density at radius 2 is 1.97 bits per heavy atom. The lowest BCUT2D eigenvalue weighted by atomic mass is 10.1. The SMILES string of the molecule is O=C(CCN1C(=O)CSc2ccccc21)Nc1cccc(-c2nnc3n2CCCCC3)c1. The zero-order chi connectivity index (χ0) is 21.9. The summed E-state index contributed by atoms with van der Waals surface area (Å²) in [7, 11) is 0. The zero-order valence-corrected chi connectivity index (χ0v) is 18.6. The molecule has 5 rings (SSSR count). The van der Waals surface area contributed by atoms with Crippen LogP contribution in [0.15, 0.2) is 53.4 Å². The van der Waals surface area contributed by atoms with Crippen molar-refractivity contribution in [3.8, 4) is 11.4 Å². The number of nitrogens with zero attached hydrogens (tertiary/aromatic N) is 4. The highest BCUT2D eigenvalue weighted by Gasteiger charge is 2.24. The number of rotatable bonds is 5. The maximum atomic E-state index is 12.7. The molecule has 7 nitrogen and oxygen atoms in total. The van der Waals surface area contributed by atoms with Gasteiger partial charge in [0.15, 0.2) is 5.82 Å². The number of carbonyl (C=O) groups excluding carboxylic acids is 2. The van der Waals surface area contributed by atoms with E-state index in [1.807, 2.05) is 48.5 Å². The minimum atomic E-state index is -0.120. The maximum Gasteiger partial charge on any atom is 0.237 e. The molecule has 2 aromatic carbocycles. The van der Waals surface area contributed by atoms with Gasteiger partial charge in [-0.3, -0.25) is 9.59 Å². The molecule has 2 amide bonds. The van der Waals surface area contributed by atoms with Gasteiger partial charge in [0.2, 0.25) is 11.8 Å². The quantitative estimate of drug-likeness (QED) is 0.636. The van der Waals surface area contributed by atoms with Crippen LogP contribution in [0.4, 0.5) is 11.4 Å². The summed E-state index contributed by atoms with van der Waals surface area (Å²) in [5.74, 6) is 2.22. The lowest BCUT2D eigenvalue weighted by Gasteiger charge is -2.28. The summed E-state index contributed by atoms with van der Waals surface area (Å²) in [6, 6.07) is 15.6. The van der Waals surface area contributed by atoms with E-state index in [1.165, 1.54) is 6.42 Å². The predicted molar refractivity (Wildman–Crippen MR) is 126 cm³/mol. The first-order valence-electron chi connectivity index (χ1n) is 11.0. The van der Waals surface area contributed by atoms with Gasteiger partial charge in [-0.2, -0.15) is 0 Å². The smallest absolute Gasteiger partial charge is 0.237 e. The number of nitrogens with one attached hydrogen (secondary N) is 1. The number of amides is 2. The van der Waals surface area contributed by atoms with Crippen LogP contribution in [0.25, 0.3) is 11.4 Å². The topological polar surface area (TPSA) is 80.1 Å². The summed E-state index contributed by atoms with van der Waals surface area (Å²) < 4.78 is 2.20. The van der Waals surface area contributed by atoms with Crippen LogP contribution in [0.5, 0.6) is 0 Å². The van der Waals surface area contributed by atoms with Gasteiger partial charge in [0, 0.05) is 42.1 Å². The van der Waals surface area contributed by atoms with Gasteiger partial charge in [0.05, 0.1) is 11.4 Å². The van der Waals surface area contributed by atoms with Gasteiger partial charge in [-0.25, -0.2) is 0 Å². The molecule has 0 bridgehead atoms. The molecule has 32 heavy (non-hydrogen) atoms. The normalized spacial score (nSPS) is 15.6. The second-order valence-corrected chi connectivity index (χ2v) is 9.10. The van der Waals surface area contributed by atoms with Crippen molar-refractivity contribution in [3.63, 3.8) is 0 Å². The van der Waals surface area contributed by atoms with Gasteiger partial charge < -0.3 is 14.8 Å². The van der Waals surface area contributed by atoms with Gasteiger partial charge in [-0.15, -0.1) is 22.0 Å². The predicted octanol–water partition coefficient (Wildman–Crippen LogP) is 4.14. The first-order valence-corrected chi connectivity index (χ1v) is 12.0. The number of aromatic nitrogens is 3. The Morgan fingerprint density at radius 1 is 1.06 bits per heavy atom. The Bertz CT molecular complexity index is 1160. The monoisotopic (exact) mass is 447 g/mol. The standard InChI is InChI=1S/C24H25N5O2S/c30-22(12-14-28-19-9-3-4-10-20(19)32-16-23(28)31)25-18-8-6-7-17(15-18)24-27-26-21-11-2-1-5-13-29(21)24/h3-4,6-10,15H,1-2,5,11-14,16H2,(H,25,30). The Morgan fingerprint density at radius 3 is 2.91 bits per heavy atom. The number of aryl methyl sites for hydroxylation is 1. The second kappa shape index (κ2) is 9.16. The third kappa shape index (κ3) is 4.27. The molecule has 3 heterocycles. The van der Waals surface area contributed by atoms with Crippen molar-refractivity contribution in [3.05, 3.63) is 54.4 Å². The van der Waals surface area contributed by atoms with Gasteiger partial charge in [0.25, 0.3) is 0 Å². The minimum absolute atomic E-state index is 0.0380. The molecule has 0 atom stereocenters. The summed E-state index contributed by atoms with van der Waals surface area (Å²) in [4.78, 5) is 27.9. The van der Waals surface area contributed by atoms with Crippen molar-refractivity contribution in [2.24, 2.45) is 0 Å². The second-order valence-electron chi connectivity index (χ2n) is 8.08. The highest BCUT2D eigenvalue weighted by Crippen LogP contribution is 2.35. The molecule has 0 aliphatic carbocycles. The third-order valence-corrected chi connectivity index (χ3v) is 6.93. The van der Waals surface area contributed by atoms with E-state index in [2.05, 4.69) is 20.1 Å². The van der Waals surface area contributed by atoms with Crippen LogP contribution >= 0.6 is 11.8 Å². The first-order chi connectivity index (χ1) is 15.7. The largest absolute Gasteiger partial charge is 0.326 e. The van der Waals surface area contributed by atoms with E-state index in [0.29, 0.717) is 12.3 Å². The number of hydrogen-bond acceptors (Lipinski definition) is 5. The van der Waals surface area contributed by atoms with E-state index in [-0.39, 0.29) is 18.2 Å². The number of carbonyl (C=O) groups is 2. The fourth-order valence-corrected chi connectivity index (χ4v) is 5.21. The Labute approximate surface area is 191 Å². The summed E-state index contributed by atoms with van der Waals surface area (Å²) >= 11 is 1.54. The summed E-state index contributed by atoms with van der Waals surface area (Å²) in [6.45, 7) is 1.29. The minimum Gasteiger partial charge on any atom is -0.326 e. The van der Waals surface area contributed by atoms with E-state index in [1.54, 1.807) is 16.7 Å². The average Bonchev–Trinajstić information content (AvgIpc) is 3.07. The van der Waals surface area contributed by atoms with E-state index in [9.17, 15) is 9.59 Å². The van der Waals surface area contributed by atoms with Crippen LogP contribution in [-0.2, 0) is 22.6 Å². The third-order valence-electron chi connectivity index (χ3n) is 5.88. The number of thioether (sulfide) groups is 1. The van der Waals surface area contributed by atoms with Crippen LogP contribution in [0.1, 0.15) is 31.5 Å². The van der Waals surface area contributed by atoms with Crippen molar-refractivity contribution in [2.75, 3.05) is 22.5 Å². The number of benzene rings is 2. The molecule has 0 unspecified atom stereocenters. The van der Waals surface area contributed by atoms with Gasteiger partial charge in [-0.1, -0.05) is 30.7 Å². The molecule has 0 saturated carbocycles. The van der Waals surface area contributed by atoms with Gasteiger partial charge in [-0.05, 0) is 37.1 Å². The average molecular weight is 448 g/mol. The summed E-state index contributed by atoms with van der Waals surface area (Å²) in [5, 5.41) is 11.8. The molecule has 0 spiro atoms. The van der Waals surface area contributed by atoms with Crippen molar-refractivity contribution >= 4 is 35.0 Å². The van der Waals surface area contributed by atoms with E-state index < -0.39 is 0 Å². The van der Waals surface area contributed by atoms with Gasteiger partial charge in [0.1, 0.15) is 5.82 Å². The fraction of sp³-hybridized carbons (Fsp3) is 0.333. The maximum absolute atomic E-state index is 12.7. The van der Waals surface area contributed by atoms with Gasteiger partial charge >= 0.3 is 0 Å². The van der Waals surface area contributed by atoms with Crippen LogP contribution in [0.2, 0.25) is 0 Å². The molecular formula is C24H25N5O2S. The summed E-state index contributed by atoms with van der Waals surface area (Å²) in [5.41, 5.74) is 2.55. The number of anilines is 2. The Kier molecular flexibility index (Phi) is 5.94. The van der Waals surface area contributed by atoms with Crippen LogP contribution < -0.4 is 10.2 Å². The molecule has 0 saturated heterocycles. The Hall–Kier alpha value is -3.13. The summed E-state index contributed by atoms with van der Waals surface area (Å²) in [6.07, 6.45) is 4.68. The zero-order valence-electron chi connectivity index (χ0n) is 17.8.